The number of rotatable bonds is 4. The molecule has 1 amide bonds. The molecule has 3 rings (SSSR count). The van der Waals surface area contributed by atoms with Crippen molar-refractivity contribution in [2.24, 2.45) is 0 Å². The normalized spacial score (nSPS) is 21.3. The first kappa shape index (κ1) is 15.7. The van der Waals surface area contributed by atoms with E-state index in [1.807, 2.05) is 4.90 Å². The van der Waals surface area contributed by atoms with Crippen molar-refractivity contribution < 1.29 is 19.1 Å². The Morgan fingerprint density at radius 1 is 1.22 bits per heavy atom. The number of hydrogen-bond donors (Lipinski definition) is 0. The second kappa shape index (κ2) is 7.36. The Hall–Kier alpha value is -2.22. The van der Waals surface area contributed by atoms with Crippen LogP contribution < -0.4 is 4.90 Å². The number of esters is 1. The van der Waals surface area contributed by atoms with E-state index in [2.05, 4.69) is 9.97 Å². The van der Waals surface area contributed by atoms with Crippen LogP contribution >= 0.6 is 0 Å². The van der Waals surface area contributed by atoms with Crippen molar-refractivity contribution in [3.63, 3.8) is 0 Å². The first-order valence-corrected chi connectivity index (χ1v) is 7.82. The summed E-state index contributed by atoms with van der Waals surface area (Å²) in [6.45, 7) is 2.81. The van der Waals surface area contributed by atoms with Gasteiger partial charge >= 0.3 is 5.97 Å². The molecule has 1 atom stereocenters. The molecule has 2 saturated heterocycles. The largest absolute Gasteiger partial charge is 0.454 e. The lowest BCUT2D eigenvalue weighted by molar-refractivity contribution is -0.159. The van der Waals surface area contributed by atoms with Crippen molar-refractivity contribution in [1.29, 1.82) is 0 Å². The summed E-state index contributed by atoms with van der Waals surface area (Å²) < 4.78 is 10.3. The molecular formula is C15H20N4O4. The highest BCUT2D eigenvalue weighted by atomic mass is 16.6. The minimum Gasteiger partial charge on any atom is -0.454 e. The average Bonchev–Trinajstić information content (AvgIpc) is 3.15. The zero-order valence-electron chi connectivity index (χ0n) is 12.9. The van der Waals surface area contributed by atoms with Crippen LogP contribution in [0.25, 0.3) is 0 Å². The molecule has 2 fully saturated rings. The van der Waals surface area contributed by atoms with E-state index in [1.165, 1.54) is 0 Å². The molecule has 0 aromatic carbocycles. The molecule has 0 saturated carbocycles. The average molecular weight is 320 g/mol. The highest BCUT2D eigenvalue weighted by molar-refractivity contribution is 5.82. The van der Waals surface area contributed by atoms with Gasteiger partial charge in [-0.15, -0.1) is 0 Å². The van der Waals surface area contributed by atoms with Gasteiger partial charge < -0.3 is 19.3 Å². The first-order valence-electron chi connectivity index (χ1n) is 7.82. The zero-order chi connectivity index (χ0) is 16.1. The van der Waals surface area contributed by atoms with Crippen molar-refractivity contribution in [3.05, 3.63) is 18.5 Å². The van der Waals surface area contributed by atoms with Crippen LogP contribution in [0.1, 0.15) is 12.8 Å². The maximum atomic E-state index is 12.1. The predicted molar refractivity (Wildman–Crippen MR) is 80.8 cm³/mol. The fraction of sp³-hybridized carbons (Fsp3) is 0.600. The van der Waals surface area contributed by atoms with E-state index < -0.39 is 12.1 Å². The molecule has 8 nitrogen and oxygen atoms in total. The van der Waals surface area contributed by atoms with Gasteiger partial charge in [0.2, 0.25) is 5.95 Å². The van der Waals surface area contributed by atoms with Gasteiger partial charge in [0, 0.05) is 45.2 Å². The lowest BCUT2D eigenvalue weighted by atomic mass is 10.2. The number of aromatic nitrogens is 2. The molecule has 0 spiro atoms. The molecule has 124 valence electrons. The Labute approximate surface area is 134 Å². The van der Waals surface area contributed by atoms with Crippen LogP contribution in [0.15, 0.2) is 18.5 Å². The molecule has 8 heteroatoms. The summed E-state index contributed by atoms with van der Waals surface area (Å²) in [6, 6.07) is 1.77. The molecule has 0 N–H and O–H groups in total. The fourth-order valence-electron chi connectivity index (χ4n) is 2.69. The summed E-state index contributed by atoms with van der Waals surface area (Å²) in [5, 5.41) is 0. The van der Waals surface area contributed by atoms with Gasteiger partial charge in [0.15, 0.2) is 12.7 Å². The molecule has 0 aliphatic carbocycles. The zero-order valence-corrected chi connectivity index (χ0v) is 12.9. The number of ether oxygens (including phenoxy) is 2. The monoisotopic (exact) mass is 320 g/mol. The maximum Gasteiger partial charge on any atom is 0.335 e. The Kier molecular flexibility index (Phi) is 5.02. The SMILES string of the molecule is O=C(OCC(=O)N1CCN(c2ncccn2)CC1)[C@@H]1CCCO1. The highest BCUT2D eigenvalue weighted by Gasteiger charge is 2.27. The molecule has 1 aromatic heterocycles. The van der Waals surface area contributed by atoms with Crippen molar-refractivity contribution in [2.75, 3.05) is 44.3 Å². The number of nitrogens with zero attached hydrogens (tertiary/aromatic N) is 4. The Morgan fingerprint density at radius 3 is 2.61 bits per heavy atom. The molecule has 2 aliphatic heterocycles. The predicted octanol–water partition coefficient (Wildman–Crippen LogP) is -0.153. The van der Waals surface area contributed by atoms with Crippen molar-refractivity contribution in [1.82, 2.24) is 14.9 Å². The van der Waals surface area contributed by atoms with E-state index in [1.54, 1.807) is 23.4 Å². The third-order valence-corrected chi connectivity index (χ3v) is 4.00. The van der Waals surface area contributed by atoms with Gasteiger partial charge in [-0.25, -0.2) is 14.8 Å². The van der Waals surface area contributed by atoms with E-state index in [0.717, 1.165) is 6.42 Å². The molecule has 3 heterocycles. The van der Waals surface area contributed by atoms with E-state index in [0.29, 0.717) is 45.2 Å². The van der Waals surface area contributed by atoms with Crippen LogP contribution in [0.2, 0.25) is 0 Å². The third kappa shape index (κ3) is 3.95. The van der Waals surface area contributed by atoms with Crippen LogP contribution in [0.5, 0.6) is 0 Å². The van der Waals surface area contributed by atoms with E-state index >= 15 is 0 Å². The Balaban J connectivity index is 1.42. The quantitative estimate of drug-likeness (QED) is 0.713. The molecule has 23 heavy (non-hydrogen) atoms. The van der Waals surface area contributed by atoms with Crippen LogP contribution in [0, 0.1) is 0 Å². The van der Waals surface area contributed by atoms with E-state index in [9.17, 15) is 9.59 Å². The molecule has 0 bridgehead atoms. The number of anilines is 1. The summed E-state index contributed by atoms with van der Waals surface area (Å²) in [5.41, 5.74) is 0. The van der Waals surface area contributed by atoms with Gasteiger partial charge in [-0.1, -0.05) is 0 Å². The number of hydrogen-bond acceptors (Lipinski definition) is 7. The van der Waals surface area contributed by atoms with E-state index in [4.69, 9.17) is 9.47 Å². The van der Waals surface area contributed by atoms with Crippen molar-refractivity contribution in [3.8, 4) is 0 Å². The van der Waals surface area contributed by atoms with Crippen molar-refractivity contribution in [2.45, 2.75) is 18.9 Å². The van der Waals surface area contributed by atoms with Crippen molar-refractivity contribution >= 4 is 17.8 Å². The number of amides is 1. The summed E-state index contributed by atoms with van der Waals surface area (Å²) >= 11 is 0. The minimum atomic E-state index is -0.505. The van der Waals surface area contributed by atoms with Gasteiger partial charge in [0.25, 0.3) is 5.91 Å². The van der Waals surface area contributed by atoms with Gasteiger partial charge in [-0.2, -0.15) is 0 Å². The molecule has 2 aliphatic rings. The summed E-state index contributed by atoms with van der Waals surface area (Å²) in [4.78, 5) is 36.0. The van der Waals surface area contributed by atoms with Crippen LogP contribution in [-0.2, 0) is 19.1 Å². The molecule has 0 unspecified atom stereocenters. The van der Waals surface area contributed by atoms with E-state index in [-0.39, 0.29) is 12.5 Å². The van der Waals surface area contributed by atoms with Crippen LogP contribution in [0.3, 0.4) is 0 Å². The van der Waals surface area contributed by atoms with Gasteiger partial charge in [-0.05, 0) is 18.9 Å². The molecular weight excluding hydrogens is 300 g/mol. The van der Waals surface area contributed by atoms with Crippen LogP contribution in [-0.4, -0.2) is 72.2 Å². The Bertz CT molecular complexity index is 540. The number of carbonyl (C=O) groups excluding carboxylic acids is 2. The third-order valence-electron chi connectivity index (χ3n) is 4.00. The molecule has 1 aromatic rings. The fourth-order valence-corrected chi connectivity index (χ4v) is 2.69. The second-order valence-corrected chi connectivity index (χ2v) is 5.53. The summed E-state index contributed by atoms with van der Waals surface area (Å²) in [5.74, 6) is 0.0570. The number of piperazine rings is 1. The highest BCUT2D eigenvalue weighted by Crippen LogP contribution is 2.14. The topological polar surface area (TPSA) is 84.9 Å². The smallest absolute Gasteiger partial charge is 0.335 e. The van der Waals surface area contributed by atoms with Gasteiger partial charge in [-0.3, -0.25) is 4.79 Å². The Morgan fingerprint density at radius 2 is 1.96 bits per heavy atom. The lowest BCUT2D eigenvalue weighted by Gasteiger charge is -2.34. The standard InChI is InChI=1S/C15H20N4O4/c20-13(11-23-14(21)12-3-1-10-22-12)18-6-8-19(9-7-18)15-16-4-2-5-17-15/h2,4-5,12H,1,3,6-11H2/t12-/m0/s1. The maximum absolute atomic E-state index is 12.1. The second-order valence-electron chi connectivity index (χ2n) is 5.53. The summed E-state index contributed by atoms with van der Waals surface area (Å²) in [7, 11) is 0. The molecule has 0 radical (unpaired) electrons. The minimum absolute atomic E-state index is 0.176. The first-order chi connectivity index (χ1) is 11.2. The van der Waals surface area contributed by atoms with Gasteiger partial charge in [0.05, 0.1) is 0 Å². The lowest BCUT2D eigenvalue weighted by Crippen LogP contribution is -2.50. The van der Waals surface area contributed by atoms with Crippen LogP contribution in [0.4, 0.5) is 5.95 Å². The summed E-state index contributed by atoms with van der Waals surface area (Å²) in [6.07, 6.45) is 4.42. The number of carbonyl (C=O) groups is 2. The van der Waals surface area contributed by atoms with Gasteiger partial charge in [0.1, 0.15) is 0 Å².